The molecule has 5 nitrogen and oxygen atoms in total. The van der Waals surface area contributed by atoms with E-state index in [1.807, 2.05) is 11.0 Å². The lowest BCUT2D eigenvalue weighted by Crippen LogP contribution is -2.48. The number of nitrogens with zero attached hydrogens (tertiary/aromatic N) is 3. The summed E-state index contributed by atoms with van der Waals surface area (Å²) in [5, 5.41) is 3.27. The van der Waals surface area contributed by atoms with Crippen molar-refractivity contribution in [3.05, 3.63) is 41.5 Å². The Kier molecular flexibility index (Phi) is 6.69. The number of guanidine groups is 1. The lowest BCUT2D eigenvalue weighted by Gasteiger charge is -2.32. The number of amides is 1. The molecule has 2 aliphatic heterocycles. The van der Waals surface area contributed by atoms with Gasteiger partial charge in [-0.3, -0.25) is 9.79 Å². The third-order valence-electron chi connectivity index (χ3n) is 5.19. The lowest BCUT2D eigenvalue weighted by molar-refractivity contribution is -0.130. The van der Waals surface area contributed by atoms with Gasteiger partial charge in [0.05, 0.1) is 6.54 Å². The quantitative estimate of drug-likeness (QED) is 0.671. The number of aliphatic imine (C=N–C) groups is 1. The SMILES string of the molecule is CN=C(NCC(=O)N1CCCCC1)N1CCC(=Cc2ccccc2)CC1. The van der Waals surface area contributed by atoms with Crippen molar-refractivity contribution in [3.63, 3.8) is 0 Å². The number of likely N-dealkylation sites (tertiary alicyclic amines) is 2. The Hall–Kier alpha value is -2.30. The van der Waals surface area contributed by atoms with Crippen LogP contribution in [0.25, 0.3) is 6.08 Å². The van der Waals surface area contributed by atoms with Crippen molar-refractivity contribution in [1.29, 1.82) is 0 Å². The summed E-state index contributed by atoms with van der Waals surface area (Å²) in [5.41, 5.74) is 2.75. The molecule has 0 spiro atoms. The summed E-state index contributed by atoms with van der Waals surface area (Å²) in [7, 11) is 1.79. The highest BCUT2D eigenvalue weighted by molar-refractivity contribution is 5.86. The molecular formula is C21H30N4O. The first-order chi connectivity index (χ1) is 12.8. The molecule has 3 rings (SSSR count). The van der Waals surface area contributed by atoms with Gasteiger partial charge in [0.15, 0.2) is 5.96 Å². The van der Waals surface area contributed by atoms with Crippen LogP contribution in [-0.4, -0.2) is 61.4 Å². The Balaban J connectivity index is 1.47. The number of hydrogen-bond donors (Lipinski definition) is 1. The minimum Gasteiger partial charge on any atom is -0.347 e. The van der Waals surface area contributed by atoms with Crippen LogP contribution in [0.4, 0.5) is 0 Å². The molecule has 2 fully saturated rings. The van der Waals surface area contributed by atoms with Crippen LogP contribution in [0.2, 0.25) is 0 Å². The van der Waals surface area contributed by atoms with Gasteiger partial charge in [0, 0.05) is 33.2 Å². The van der Waals surface area contributed by atoms with Crippen LogP contribution < -0.4 is 5.32 Å². The fraction of sp³-hybridized carbons (Fsp3) is 0.524. The molecule has 0 radical (unpaired) electrons. The zero-order valence-electron chi connectivity index (χ0n) is 15.8. The minimum atomic E-state index is 0.188. The molecule has 2 saturated heterocycles. The van der Waals surface area contributed by atoms with Gasteiger partial charge in [-0.2, -0.15) is 0 Å². The van der Waals surface area contributed by atoms with E-state index in [0.717, 1.165) is 57.8 Å². The number of nitrogens with one attached hydrogen (secondary N) is 1. The van der Waals surface area contributed by atoms with Gasteiger partial charge < -0.3 is 15.1 Å². The van der Waals surface area contributed by atoms with Crippen molar-refractivity contribution in [2.75, 3.05) is 39.8 Å². The van der Waals surface area contributed by atoms with Gasteiger partial charge in [-0.25, -0.2) is 0 Å². The zero-order valence-corrected chi connectivity index (χ0v) is 15.8. The molecule has 1 aromatic rings. The van der Waals surface area contributed by atoms with Crippen molar-refractivity contribution in [3.8, 4) is 0 Å². The monoisotopic (exact) mass is 354 g/mol. The highest BCUT2D eigenvalue weighted by atomic mass is 16.2. The first-order valence-electron chi connectivity index (χ1n) is 9.74. The van der Waals surface area contributed by atoms with Crippen LogP contribution in [0.3, 0.4) is 0 Å². The summed E-state index contributed by atoms with van der Waals surface area (Å²) in [4.78, 5) is 20.9. The van der Waals surface area contributed by atoms with Gasteiger partial charge in [-0.15, -0.1) is 0 Å². The number of carbonyl (C=O) groups is 1. The average Bonchev–Trinajstić information content (AvgIpc) is 2.71. The molecule has 0 aromatic heterocycles. The van der Waals surface area contributed by atoms with Crippen LogP contribution in [-0.2, 0) is 4.79 Å². The third-order valence-corrected chi connectivity index (χ3v) is 5.19. The summed E-state index contributed by atoms with van der Waals surface area (Å²) >= 11 is 0. The second-order valence-electron chi connectivity index (χ2n) is 7.04. The summed E-state index contributed by atoms with van der Waals surface area (Å²) in [6.45, 7) is 4.02. The van der Waals surface area contributed by atoms with E-state index in [1.54, 1.807) is 7.05 Å². The van der Waals surface area contributed by atoms with E-state index in [2.05, 4.69) is 45.6 Å². The molecule has 1 amide bonds. The van der Waals surface area contributed by atoms with Gasteiger partial charge in [-0.1, -0.05) is 42.0 Å². The molecule has 0 bridgehead atoms. The third kappa shape index (κ3) is 5.10. The molecule has 0 unspecified atom stereocenters. The van der Waals surface area contributed by atoms with E-state index in [0.29, 0.717) is 6.54 Å². The first-order valence-corrected chi connectivity index (χ1v) is 9.74. The molecule has 0 saturated carbocycles. The van der Waals surface area contributed by atoms with Crippen LogP contribution in [0.5, 0.6) is 0 Å². The molecule has 0 aliphatic carbocycles. The predicted molar refractivity (Wildman–Crippen MR) is 107 cm³/mol. The predicted octanol–water partition coefficient (Wildman–Crippen LogP) is 2.75. The fourth-order valence-electron chi connectivity index (χ4n) is 3.68. The average molecular weight is 354 g/mol. The summed E-state index contributed by atoms with van der Waals surface area (Å²) < 4.78 is 0. The van der Waals surface area contributed by atoms with Crippen molar-refractivity contribution in [1.82, 2.24) is 15.1 Å². The molecule has 140 valence electrons. The molecular weight excluding hydrogens is 324 g/mol. The molecule has 5 heteroatoms. The van der Waals surface area contributed by atoms with Crippen molar-refractivity contribution < 1.29 is 4.79 Å². The zero-order chi connectivity index (χ0) is 18.2. The standard InChI is InChI=1S/C21H30N4O/c1-22-21(23-17-20(26)24-12-6-3-7-13-24)25-14-10-19(11-15-25)16-18-8-4-2-5-9-18/h2,4-5,8-9,16H,3,6-7,10-15,17H2,1H3,(H,22,23). The lowest BCUT2D eigenvalue weighted by atomic mass is 10.0. The van der Waals surface area contributed by atoms with Crippen LogP contribution in [0.1, 0.15) is 37.7 Å². The summed E-state index contributed by atoms with van der Waals surface area (Å²) in [6.07, 6.45) is 7.87. The first kappa shape index (κ1) is 18.5. The molecule has 1 N–H and O–H groups in total. The summed E-state index contributed by atoms with van der Waals surface area (Å²) in [6, 6.07) is 10.5. The van der Waals surface area contributed by atoms with Crippen molar-refractivity contribution >= 4 is 17.9 Å². The maximum absolute atomic E-state index is 12.3. The molecule has 26 heavy (non-hydrogen) atoms. The smallest absolute Gasteiger partial charge is 0.241 e. The maximum atomic E-state index is 12.3. The van der Waals surface area contributed by atoms with Gasteiger partial charge in [-0.05, 0) is 37.7 Å². The van der Waals surface area contributed by atoms with E-state index < -0.39 is 0 Å². The topological polar surface area (TPSA) is 47.9 Å². The van der Waals surface area contributed by atoms with Crippen LogP contribution in [0.15, 0.2) is 40.9 Å². The second-order valence-corrected chi connectivity index (χ2v) is 7.04. The van der Waals surface area contributed by atoms with Crippen LogP contribution in [0, 0.1) is 0 Å². The largest absolute Gasteiger partial charge is 0.347 e. The van der Waals surface area contributed by atoms with E-state index in [9.17, 15) is 4.79 Å². The number of carbonyl (C=O) groups excluding carboxylic acids is 1. The molecule has 0 atom stereocenters. The maximum Gasteiger partial charge on any atom is 0.241 e. The second kappa shape index (κ2) is 9.41. The van der Waals surface area contributed by atoms with Crippen LogP contribution >= 0.6 is 0 Å². The Morgan fingerprint density at radius 2 is 1.73 bits per heavy atom. The highest BCUT2D eigenvalue weighted by Gasteiger charge is 2.20. The number of benzene rings is 1. The Morgan fingerprint density at radius 1 is 1.04 bits per heavy atom. The molecule has 1 aromatic carbocycles. The Bertz CT molecular complexity index is 637. The van der Waals surface area contributed by atoms with Crippen molar-refractivity contribution in [2.24, 2.45) is 4.99 Å². The Labute approximate surface area is 156 Å². The van der Waals surface area contributed by atoms with E-state index in [-0.39, 0.29) is 5.91 Å². The molecule has 2 heterocycles. The fourth-order valence-corrected chi connectivity index (χ4v) is 3.68. The van der Waals surface area contributed by atoms with Crippen molar-refractivity contribution in [2.45, 2.75) is 32.1 Å². The van der Waals surface area contributed by atoms with Gasteiger partial charge in [0.2, 0.25) is 5.91 Å². The normalized spacial score (nSPS) is 18.7. The van der Waals surface area contributed by atoms with E-state index >= 15 is 0 Å². The number of hydrogen-bond acceptors (Lipinski definition) is 2. The number of rotatable bonds is 3. The molecule has 2 aliphatic rings. The van der Waals surface area contributed by atoms with E-state index in [1.165, 1.54) is 17.6 Å². The highest BCUT2D eigenvalue weighted by Crippen LogP contribution is 2.19. The van der Waals surface area contributed by atoms with Gasteiger partial charge in [0.1, 0.15) is 0 Å². The minimum absolute atomic E-state index is 0.188. The van der Waals surface area contributed by atoms with Gasteiger partial charge in [0.25, 0.3) is 0 Å². The van der Waals surface area contributed by atoms with Gasteiger partial charge >= 0.3 is 0 Å². The number of piperidine rings is 2. The summed E-state index contributed by atoms with van der Waals surface area (Å²) in [5.74, 6) is 1.03. The van der Waals surface area contributed by atoms with E-state index in [4.69, 9.17) is 0 Å². The Morgan fingerprint density at radius 3 is 2.38 bits per heavy atom.